The molecule has 2 nitrogen and oxygen atoms in total. The molecule has 0 aromatic rings. The molecule has 1 saturated heterocycles. The molecule has 0 N–H and O–H groups in total. The number of hydrogen-bond donors (Lipinski definition) is 0. The normalized spacial score (nSPS) is 30.3. The summed E-state index contributed by atoms with van der Waals surface area (Å²) >= 11 is 0. The summed E-state index contributed by atoms with van der Waals surface area (Å²) in [4.78, 5) is 0. The molecule has 0 aromatic heterocycles. The maximum absolute atomic E-state index is 5.62. The minimum atomic E-state index is -0.00576. The second-order valence-electron chi connectivity index (χ2n) is 2.97. The zero-order valence-electron chi connectivity index (χ0n) is 7.14. The SMILES string of the molecule is C=COCC1(CC)CCCO1. The van der Waals surface area contributed by atoms with Crippen molar-refractivity contribution in [3.8, 4) is 0 Å². The second-order valence-corrected chi connectivity index (χ2v) is 2.97. The van der Waals surface area contributed by atoms with Gasteiger partial charge in [0.1, 0.15) is 12.2 Å². The van der Waals surface area contributed by atoms with E-state index in [4.69, 9.17) is 9.47 Å². The first-order valence-electron chi connectivity index (χ1n) is 4.19. The third-order valence-electron chi connectivity index (χ3n) is 2.29. The molecule has 0 spiro atoms. The van der Waals surface area contributed by atoms with E-state index in [9.17, 15) is 0 Å². The Hall–Kier alpha value is -0.500. The van der Waals surface area contributed by atoms with E-state index < -0.39 is 0 Å². The molecule has 1 heterocycles. The van der Waals surface area contributed by atoms with E-state index in [1.165, 1.54) is 6.26 Å². The number of hydrogen-bond acceptors (Lipinski definition) is 2. The molecule has 0 bridgehead atoms. The van der Waals surface area contributed by atoms with E-state index in [1.807, 2.05) is 0 Å². The first-order chi connectivity index (χ1) is 5.33. The van der Waals surface area contributed by atoms with Crippen molar-refractivity contribution in [2.75, 3.05) is 13.2 Å². The van der Waals surface area contributed by atoms with E-state index in [-0.39, 0.29) is 5.60 Å². The Morgan fingerprint density at radius 3 is 3.00 bits per heavy atom. The third-order valence-corrected chi connectivity index (χ3v) is 2.29. The van der Waals surface area contributed by atoms with Crippen LogP contribution in [-0.2, 0) is 9.47 Å². The third kappa shape index (κ3) is 1.96. The van der Waals surface area contributed by atoms with E-state index in [0.717, 1.165) is 25.9 Å². The molecule has 2 heteroatoms. The van der Waals surface area contributed by atoms with E-state index in [0.29, 0.717) is 6.61 Å². The van der Waals surface area contributed by atoms with Crippen LogP contribution < -0.4 is 0 Å². The zero-order chi connectivity index (χ0) is 8.16. The van der Waals surface area contributed by atoms with Crippen LogP contribution in [0.1, 0.15) is 26.2 Å². The van der Waals surface area contributed by atoms with Crippen LogP contribution in [0.2, 0.25) is 0 Å². The molecule has 11 heavy (non-hydrogen) atoms. The van der Waals surface area contributed by atoms with Crippen molar-refractivity contribution >= 4 is 0 Å². The minimum Gasteiger partial charge on any atom is -0.499 e. The van der Waals surface area contributed by atoms with Crippen molar-refractivity contribution in [1.82, 2.24) is 0 Å². The molecule has 0 aromatic carbocycles. The monoisotopic (exact) mass is 156 g/mol. The maximum Gasteiger partial charge on any atom is 0.116 e. The Morgan fingerprint density at radius 2 is 2.55 bits per heavy atom. The molecule has 0 saturated carbocycles. The fourth-order valence-electron chi connectivity index (χ4n) is 1.46. The lowest BCUT2D eigenvalue weighted by Gasteiger charge is -2.25. The highest BCUT2D eigenvalue weighted by molar-refractivity contribution is 4.83. The van der Waals surface area contributed by atoms with Crippen LogP contribution in [-0.4, -0.2) is 18.8 Å². The van der Waals surface area contributed by atoms with Gasteiger partial charge in [0.2, 0.25) is 0 Å². The Balaban J connectivity index is 2.38. The fourth-order valence-corrected chi connectivity index (χ4v) is 1.46. The highest BCUT2D eigenvalue weighted by Gasteiger charge is 2.33. The summed E-state index contributed by atoms with van der Waals surface area (Å²) in [6, 6.07) is 0. The van der Waals surface area contributed by atoms with E-state index in [2.05, 4.69) is 13.5 Å². The highest BCUT2D eigenvalue weighted by atomic mass is 16.5. The number of rotatable bonds is 4. The summed E-state index contributed by atoms with van der Waals surface area (Å²) < 4.78 is 10.8. The smallest absolute Gasteiger partial charge is 0.116 e. The van der Waals surface area contributed by atoms with Gasteiger partial charge in [0.25, 0.3) is 0 Å². The van der Waals surface area contributed by atoms with Crippen molar-refractivity contribution in [2.45, 2.75) is 31.8 Å². The molecule has 64 valence electrons. The molecule has 0 radical (unpaired) electrons. The fraction of sp³-hybridized carbons (Fsp3) is 0.778. The Kier molecular flexibility index (Phi) is 2.94. The van der Waals surface area contributed by atoms with Gasteiger partial charge in [-0.1, -0.05) is 13.5 Å². The van der Waals surface area contributed by atoms with Crippen LogP contribution in [0.15, 0.2) is 12.8 Å². The summed E-state index contributed by atoms with van der Waals surface area (Å²) in [5.41, 5.74) is -0.00576. The van der Waals surface area contributed by atoms with Gasteiger partial charge in [-0.15, -0.1) is 0 Å². The van der Waals surface area contributed by atoms with Gasteiger partial charge in [-0.05, 0) is 19.3 Å². The van der Waals surface area contributed by atoms with E-state index >= 15 is 0 Å². The first-order valence-corrected chi connectivity index (χ1v) is 4.19. The Labute approximate surface area is 68.2 Å². The Morgan fingerprint density at radius 1 is 1.73 bits per heavy atom. The molecule has 1 atom stereocenters. The predicted octanol–water partition coefficient (Wildman–Crippen LogP) is 2.11. The average molecular weight is 156 g/mol. The predicted molar refractivity (Wildman–Crippen MR) is 44.4 cm³/mol. The van der Waals surface area contributed by atoms with Crippen LogP contribution >= 0.6 is 0 Å². The maximum atomic E-state index is 5.62. The van der Waals surface area contributed by atoms with Crippen LogP contribution in [0, 0.1) is 0 Å². The lowest BCUT2D eigenvalue weighted by Crippen LogP contribution is -2.32. The molecule has 1 fully saturated rings. The number of ether oxygens (including phenoxy) is 2. The quantitative estimate of drug-likeness (QED) is 0.580. The van der Waals surface area contributed by atoms with Gasteiger partial charge in [-0.2, -0.15) is 0 Å². The summed E-state index contributed by atoms with van der Waals surface area (Å²) in [6.07, 6.45) is 4.80. The first kappa shape index (κ1) is 8.60. The zero-order valence-corrected chi connectivity index (χ0v) is 7.14. The average Bonchev–Trinajstić information content (AvgIpc) is 2.50. The van der Waals surface area contributed by atoms with E-state index in [1.54, 1.807) is 0 Å². The van der Waals surface area contributed by atoms with Crippen LogP contribution in [0.4, 0.5) is 0 Å². The van der Waals surface area contributed by atoms with Gasteiger partial charge in [0, 0.05) is 6.61 Å². The van der Waals surface area contributed by atoms with Crippen LogP contribution in [0.3, 0.4) is 0 Å². The molecule has 0 amide bonds. The topological polar surface area (TPSA) is 18.5 Å². The molecule has 1 rings (SSSR count). The molecule has 0 aliphatic carbocycles. The molecule has 1 aliphatic heterocycles. The van der Waals surface area contributed by atoms with Crippen molar-refractivity contribution < 1.29 is 9.47 Å². The highest BCUT2D eigenvalue weighted by Crippen LogP contribution is 2.29. The largest absolute Gasteiger partial charge is 0.499 e. The van der Waals surface area contributed by atoms with Crippen molar-refractivity contribution in [1.29, 1.82) is 0 Å². The van der Waals surface area contributed by atoms with Crippen LogP contribution in [0.5, 0.6) is 0 Å². The molecular weight excluding hydrogens is 140 g/mol. The van der Waals surface area contributed by atoms with Gasteiger partial charge in [0.15, 0.2) is 0 Å². The molecular formula is C9H16O2. The van der Waals surface area contributed by atoms with Gasteiger partial charge in [-0.25, -0.2) is 0 Å². The van der Waals surface area contributed by atoms with Crippen molar-refractivity contribution in [3.05, 3.63) is 12.8 Å². The summed E-state index contributed by atoms with van der Waals surface area (Å²) in [6.45, 7) is 7.19. The van der Waals surface area contributed by atoms with Gasteiger partial charge in [0.05, 0.1) is 6.26 Å². The van der Waals surface area contributed by atoms with Crippen molar-refractivity contribution in [3.63, 3.8) is 0 Å². The van der Waals surface area contributed by atoms with Gasteiger partial charge in [-0.3, -0.25) is 0 Å². The Bertz CT molecular complexity index is 126. The molecule has 1 aliphatic rings. The summed E-state index contributed by atoms with van der Waals surface area (Å²) in [5.74, 6) is 0. The minimum absolute atomic E-state index is 0.00576. The summed E-state index contributed by atoms with van der Waals surface area (Å²) in [7, 11) is 0. The summed E-state index contributed by atoms with van der Waals surface area (Å²) in [5, 5.41) is 0. The van der Waals surface area contributed by atoms with Gasteiger partial charge < -0.3 is 9.47 Å². The lowest BCUT2D eigenvalue weighted by molar-refractivity contribution is -0.0443. The lowest BCUT2D eigenvalue weighted by atomic mass is 9.98. The van der Waals surface area contributed by atoms with Crippen molar-refractivity contribution in [2.24, 2.45) is 0 Å². The second kappa shape index (κ2) is 3.77. The standard InChI is InChI=1S/C9H16O2/c1-3-9(8-10-4-2)6-5-7-11-9/h4H,2-3,5-8H2,1H3. The van der Waals surface area contributed by atoms with Crippen LogP contribution in [0.25, 0.3) is 0 Å². The van der Waals surface area contributed by atoms with Gasteiger partial charge >= 0.3 is 0 Å². The molecule has 1 unspecified atom stereocenters.